The van der Waals surface area contributed by atoms with Crippen molar-refractivity contribution in [3.8, 4) is 0 Å². The highest BCUT2D eigenvalue weighted by Crippen LogP contribution is 2.34. The van der Waals surface area contributed by atoms with E-state index < -0.39 is 23.3 Å². The maximum Gasteiger partial charge on any atom is 0.337 e. The van der Waals surface area contributed by atoms with Gasteiger partial charge >= 0.3 is 12.0 Å². The van der Waals surface area contributed by atoms with Crippen LogP contribution in [0, 0.1) is 5.41 Å². The predicted molar refractivity (Wildman–Crippen MR) is 98.9 cm³/mol. The number of hydrogen-bond acceptors (Lipinski definition) is 3. The fourth-order valence-corrected chi connectivity index (χ4v) is 2.99. The van der Waals surface area contributed by atoms with Gasteiger partial charge in [-0.25, -0.2) is 10.2 Å². The number of aliphatic carboxylic acids is 1. The lowest BCUT2D eigenvalue weighted by molar-refractivity contribution is -0.153. The molecule has 0 atom stereocenters. The third-order valence-corrected chi connectivity index (χ3v) is 4.36. The van der Waals surface area contributed by atoms with Crippen LogP contribution in [0.3, 0.4) is 0 Å². The first kappa shape index (κ1) is 21.0. The number of rotatable bonds is 8. The second-order valence-electron chi connectivity index (χ2n) is 5.90. The summed E-state index contributed by atoms with van der Waals surface area (Å²) >= 11 is 3.29. The second kappa shape index (κ2) is 10.0. The molecule has 0 spiro atoms. The highest BCUT2D eigenvalue weighted by Gasteiger charge is 2.38. The number of carboxylic acid groups (broad SMARTS) is 1. The Labute approximate surface area is 155 Å². The molecular weight excluding hydrogens is 390 g/mol. The van der Waals surface area contributed by atoms with Crippen LogP contribution in [0.5, 0.6) is 0 Å². The molecule has 1 rings (SSSR count). The van der Waals surface area contributed by atoms with Gasteiger partial charge in [0.1, 0.15) is 0 Å². The first-order valence-electron chi connectivity index (χ1n) is 8.17. The first-order chi connectivity index (χ1) is 11.8. The van der Waals surface area contributed by atoms with Crippen molar-refractivity contribution in [3.05, 3.63) is 28.7 Å². The number of halogens is 1. The van der Waals surface area contributed by atoms with Gasteiger partial charge in [-0.3, -0.25) is 15.0 Å². The molecule has 0 aliphatic rings. The van der Waals surface area contributed by atoms with Crippen LogP contribution in [0.15, 0.2) is 28.7 Å². The summed E-state index contributed by atoms with van der Waals surface area (Å²) in [6.07, 6.45) is 1.97. The van der Waals surface area contributed by atoms with Crippen LogP contribution in [0.1, 0.15) is 46.0 Å². The highest BCUT2D eigenvalue weighted by molar-refractivity contribution is 9.10. The third kappa shape index (κ3) is 6.74. The van der Waals surface area contributed by atoms with Crippen molar-refractivity contribution >= 4 is 39.5 Å². The standard InChI is InChI=1S/C17H24BrN3O4/c1-3-9-17(10-4-2,15(23)24)11-14(22)20-21-16(25)19-13-7-5-12(18)6-8-13/h5-8H,3-4,9-11H2,1-2H3,(H,20,22)(H,23,24)(H2,19,21,25). The SMILES string of the molecule is CCCC(CCC)(CC(=O)NNC(=O)Nc1ccc(Br)cc1)C(=O)O. The number of carboxylic acids is 1. The molecule has 0 saturated carbocycles. The Morgan fingerprint density at radius 2 is 1.60 bits per heavy atom. The zero-order valence-corrected chi connectivity index (χ0v) is 16.0. The zero-order chi connectivity index (χ0) is 18.9. The van der Waals surface area contributed by atoms with E-state index in [0.29, 0.717) is 31.4 Å². The number of nitrogens with one attached hydrogen (secondary N) is 3. The van der Waals surface area contributed by atoms with Crippen molar-refractivity contribution in [2.45, 2.75) is 46.0 Å². The van der Waals surface area contributed by atoms with E-state index in [1.807, 2.05) is 13.8 Å². The number of hydrogen-bond donors (Lipinski definition) is 4. The highest BCUT2D eigenvalue weighted by atomic mass is 79.9. The summed E-state index contributed by atoms with van der Waals surface area (Å²) in [6, 6.07) is 6.32. The Kier molecular flexibility index (Phi) is 8.40. The fraction of sp³-hybridized carbons (Fsp3) is 0.471. The normalized spacial score (nSPS) is 10.8. The Balaban J connectivity index is 2.57. The van der Waals surface area contributed by atoms with E-state index in [4.69, 9.17) is 0 Å². The van der Waals surface area contributed by atoms with Crippen molar-refractivity contribution in [1.82, 2.24) is 10.9 Å². The molecule has 138 valence electrons. The van der Waals surface area contributed by atoms with Gasteiger partial charge in [0.05, 0.1) is 5.41 Å². The summed E-state index contributed by atoms with van der Waals surface area (Å²) in [6.45, 7) is 3.77. The molecular formula is C17H24BrN3O4. The van der Waals surface area contributed by atoms with Crippen LogP contribution in [-0.2, 0) is 9.59 Å². The number of carbonyl (C=O) groups excluding carboxylic acids is 2. The van der Waals surface area contributed by atoms with Crippen LogP contribution >= 0.6 is 15.9 Å². The van der Waals surface area contributed by atoms with Crippen molar-refractivity contribution in [2.75, 3.05) is 5.32 Å². The average molecular weight is 414 g/mol. The minimum absolute atomic E-state index is 0.178. The maximum atomic E-state index is 12.1. The van der Waals surface area contributed by atoms with E-state index in [1.165, 1.54) is 0 Å². The van der Waals surface area contributed by atoms with Crippen molar-refractivity contribution in [3.63, 3.8) is 0 Å². The molecule has 7 nitrogen and oxygen atoms in total. The molecule has 0 aliphatic carbocycles. The van der Waals surface area contributed by atoms with Gasteiger partial charge in [-0.1, -0.05) is 42.6 Å². The van der Waals surface area contributed by atoms with Crippen molar-refractivity contribution in [2.24, 2.45) is 5.41 Å². The lowest BCUT2D eigenvalue weighted by atomic mass is 9.76. The smallest absolute Gasteiger partial charge is 0.337 e. The van der Waals surface area contributed by atoms with Gasteiger partial charge in [0.25, 0.3) is 0 Å². The summed E-state index contributed by atoms with van der Waals surface area (Å²) in [5, 5.41) is 12.1. The van der Waals surface area contributed by atoms with Crippen LogP contribution in [0.25, 0.3) is 0 Å². The average Bonchev–Trinajstić information content (AvgIpc) is 2.55. The van der Waals surface area contributed by atoms with Crippen LogP contribution in [0.2, 0.25) is 0 Å². The Hall–Kier alpha value is -2.09. The second-order valence-corrected chi connectivity index (χ2v) is 6.81. The molecule has 0 unspecified atom stereocenters. The van der Waals surface area contributed by atoms with Crippen LogP contribution in [-0.4, -0.2) is 23.0 Å². The molecule has 25 heavy (non-hydrogen) atoms. The van der Waals surface area contributed by atoms with E-state index in [-0.39, 0.29) is 6.42 Å². The summed E-state index contributed by atoms with van der Waals surface area (Å²) in [7, 11) is 0. The number of urea groups is 1. The van der Waals surface area contributed by atoms with Gasteiger partial charge < -0.3 is 10.4 Å². The summed E-state index contributed by atoms with van der Waals surface area (Å²) in [4.78, 5) is 35.5. The molecule has 0 bridgehead atoms. The maximum absolute atomic E-state index is 12.1. The Morgan fingerprint density at radius 3 is 2.08 bits per heavy atom. The molecule has 0 aromatic heterocycles. The predicted octanol–water partition coefficient (Wildman–Crippen LogP) is 3.66. The summed E-state index contributed by atoms with van der Waals surface area (Å²) in [5.41, 5.74) is 3.97. The minimum atomic E-state index is -1.10. The van der Waals surface area contributed by atoms with E-state index in [2.05, 4.69) is 32.1 Å². The Bertz CT molecular complexity index is 598. The molecule has 1 aromatic rings. The molecule has 4 N–H and O–H groups in total. The molecule has 0 heterocycles. The summed E-state index contributed by atoms with van der Waals surface area (Å²) in [5.74, 6) is -1.51. The number of amides is 3. The van der Waals surface area contributed by atoms with Gasteiger partial charge in [-0.15, -0.1) is 0 Å². The number of carbonyl (C=O) groups is 3. The van der Waals surface area contributed by atoms with Crippen LogP contribution in [0.4, 0.5) is 10.5 Å². The lowest BCUT2D eigenvalue weighted by Crippen LogP contribution is -2.46. The number of anilines is 1. The van der Waals surface area contributed by atoms with E-state index in [9.17, 15) is 19.5 Å². The molecule has 0 saturated heterocycles. The van der Waals surface area contributed by atoms with E-state index in [0.717, 1.165) is 4.47 Å². The first-order valence-corrected chi connectivity index (χ1v) is 8.97. The van der Waals surface area contributed by atoms with Gasteiger partial charge in [0.15, 0.2) is 0 Å². The lowest BCUT2D eigenvalue weighted by Gasteiger charge is -2.28. The van der Waals surface area contributed by atoms with Crippen LogP contribution < -0.4 is 16.2 Å². The van der Waals surface area contributed by atoms with Gasteiger partial charge in [-0.05, 0) is 37.1 Å². The summed E-state index contributed by atoms with van der Waals surface area (Å²) < 4.78 is 0.878. The van der Waals surface area contributed by atoms with Gasteiger partial charge in [0.2, 0.25) is 5.91 Å². The molecule has 0 aliphatic heterocycles. The minimum Gasteiger partial charge on any atom is -0.481 e. The molecule has 0 radical (unpaired) electrons. The van der Waals surface area contributed by atoms with Gasteiger partial charge in [0, 0.05) is 16.6 Å². The van der Waals surface area contributed by atoms with Crippen molar-refractivity contribution < 1.29 is 19.5 Å². The van der Waals surface area contributed by atoms with E-state index >= 15 is 0 Å². The molecule has 0 fully saturated rings. The largest absolute Gasteiger partial charge is 0.481 e. The monoisotopic (exact) mass is 413 g/mol. The molecule has 3 amide bonds. The van der Waals surface area contributed by atoms with Gasteiger partial charge in [-0.2, -0.15) is 0 Å². The van der Waals surface area contributed by atoms with E-state index in [1.54, 1.807) is 24.3 Å². The quantitative estimate of drug-likeness (QED) is 0.487. The number of hydrazine groups is 1. The zero-order valence-electron chi connectivity index (χ0n) is 14.4. The molecule has 8 heteroatoms. The van der Waals surface area contributed by atoms with Crippen molar-refractivity contribution in [1.29, 1.82) is 0 Å². The Morgan fingerprint density at radius 1 is 1.04 bits per heavy atom. The topological polar surface area (TPSA) is 108 Å². The fourth-order valence-electron chi connectivity index (χ4n) is 2.72. The molecule has 1 aromatic carbocycles. The third-order valence-electron chi connectivity index (χ3n) is 3.83. The number of benzene rings is 1.